The van der Waals surface area contributed by atoms with Crippen LogP contribution in [-0.4, -0.2) is 25.1 Å². The third-order valence-electron chi connectivity index (χ3n) is 4.82. The Morgan fingerprint density at radius 3 is 2.67 bits per heavy atom. The minimum Gasteiger partial charge on any atom is -0.480 e. The molecule has 6 heteroatoms. The Balaban J connectivity index is 1.83. The van der Waals surface area contributed by atoms with Crippen LogP contribution < -0.4 is 10.1 Å². The van der Waals surface area contributed by atoms with Gasteiger partial charge in [-0.1, -0.05) is 25.1 Å². The zero-order chi connectivity index (χ0) is 19.4. The first kappa shape index (κ1) is 19.4. The molecule has 1 aliphatic carbocycles. The lowest BCUT2D eigenvalue weighted by atomic mass is 9.95. The van der Waals surface area contributed by atoms with Crippen molar-refractivity contribution in [2.45, 2.75) is 52.1 Å². The summed E-state index contributed by atoms with van der Waals surface area (Å²) >= 11 is 1.48. The number of nitrogens with one attached hydrogen (secondary N) is 1. The number of amides is 1. The third-order valence-corrected chi connectivity index (χ3v) is 6.03. The van der Waals surface area contributed by atoms with Crippen molar-refractivity contribution in [1.29, 1.82) is 0 Å². The van der Waals surface area contributed by atoms with Crippen LogP contribution >= 0.6 is 11.3 Å². The molecule has 0 bridgehead atoms. The van der Waals surface area contributed by atoms with Gasteiger partial charge in [0.2, 0.25) is 0 Å². The van der Waals surface area contributed by atoms with E-state index in [-0.39, 0.29) is 5.91 Å². The number of fused-ring (bicyclic) bond motifs is 1. The molecule has 0 fully saturated rings. The van der Waals surface area contributed by atoms with E-state index in [4.69, 9.17) is 9.47 Å². The number of carbonyl (C=O) groups is 2. The summed E-state index contributed by atoms with van der Waals surface area (Å²) in [5.74, 6) is 0.0558. The second-order valence-electron chi connectivity index (χ2n) is 6.68. The number of aryl methyl sites for hydroxylation is 2. The van der Waals surface area contributed by atoms with Crippen LogP contribution in [0.25, 0.3) is 0 Å². The average molecular weight is 388 g/mol. The largest absolute Gasteiger partial charge is 0.480 e. The van der Waals surface area contributed by atoms with E-state index < -0.39 is 12.1 Å². The Morgan fingerprint density at radius 1 is 1.22 bits per heavy atom. The number of thiophene rings is 1. The lowest BCUT2D eigenvalue weighted by Gasteiger charge is -2.18. The number of hydrogen-bond acceptors (Lipinski definition) is 5. The lowest BCUT2D eigenvalue weighted by Crippen LogP contribution is -2.32. The van der Waals surface area contributed by atoms with Gasteiger partial charge in [0.25, 0.3) is 5.91 Å². The summed E-state index contributed by atoms with van der Waals surface area (Å²) < 4.78 is 10.9. The van der Waals surface area contributed by atoms with Crippen LogP contribution in [0.1, 0.15) is 52.5 Å². The van der Waals surface area contributed by atoms with Crippen molar-refractivity contribution < 1.29 is 19.1 Å². The fraction of sp³-hybridized carbons (Fsp3) is 0.429. The monoisotopic (exact) mass is 387 g/mol. The lowest BCUT2D eigenvalue weighted by molar-refractivity contribution is -0.122. The normalized spacial score (nSPS) is 14.2. The van der Waals surface area contributed by atoms with Gasteiger partial charge in [0.15, 0.2) is 6.10 Å². The van der Waals surface area contributed by atoms with Gasteiger partial charge in [-0.3, -0.25) is 4.79 Å². The highest BCUT2D eigenvalue weighted by Gasteiger charge is 2.28. The highest BCUT2D eigenvalue weighted by Crippen LogP contribution is 2.38. The molecule has 0 saturated heterocycles. The number of hydrogen-bond donors (Lipinski definition) is 1. The van der Waals surface area contributed by atoms with E-state index >= 15 is 0 Å². The number of esters is 1. The molecule has 0 aliphatic heterocycles. The van der Waals surface area contributed by atoms with E-state index in [1.54, 1.807) is 0 Å². The summed E-state index contributed by atoms with van der Waals surface area (Å²) in [4.78, 5) is 26.4. The van der Waals surface area contributed by atoms with Crippen LogP contribution in [0.4, 0.5) is 5.00 Å². The van der Waals surface area contributed by atoms with Crippen molar-refractivity contribution in [2.24, 2.45) is 0 Å². The van der Waals surface area contributed by atoms with Crippen molar-refractivity contribution in [2.75, 3.05) is 12.4 Å². The summed E-state index contributed by atoms with van der Waals surface area (Å²) in [6.45, 7) is 3.85. The molecule has 0 saturated carbocycles. The Hall–Kier alpha value is -2.34. The summed E-state index contributed by atoms with van der Waals surface area (Å²) in [6.07, 6.45) is 3.85. The van der Waals surface area contributed by atoms with E-state index in [1.807, 2.05) is 38.1 Å². The van der Waals surface area contributed by atoms with Gasteiger partial charge in [-0.2, -0.15) is 0 Å². The maximum Gasteiger partial charge on any atom is 0.341 e. The highest BCUT2D eigenvalue weighted by molar-refractivity contribution is 7.17. The van der Waals surface area contributed by atoms with Gasteiger partial charge in [0.05, 0.1) is 12.7 Å². The number of carbonyl (C=O) groups excluding carboxylic acids is 2. The second-order valence-corrected chi connectivity index (χ2v) is 7.78. The molecule has 1 N–H and O–H groups in total. The van der Waals surface area contributed by atoms with Crippen molar-refractivity contribution in [3.63, 3.8) is 0 Å². The molecule has 0 radical (unpaired) electrons. The van der Waals surface area contributed by atoms with Crippen LogP contribution in [0.15, 0.2) is 24.3 Å². The van der Waals surface area contributed by atoms with E-state index in [2.05, 4.69) is 5.32 Å². The minimum absolute atomic E-state index is 0.246. The predicted octanol–water partition coefficient (Wildman–Crippen LogP) is 4.52. The number of rotatable bonds is 6. The smallest absolute Gasteiger partial charge is 0.341 e. The fourth-order valence-corrected chi connectivity index (χ4v) is 4.61. The summed E-state index contributed by atoms with van der Waals surface area (Å²) in [7, 11) is 1.37. The summed E-state index contributed by atoms with van der Waals surface area (Å²) in [5.41, 5.74) is 2.52. The van der Waals surface area contributed by atoms with Crippen molar-refractivity contribution in [3.05, 3.63) is 45.8 Å². The minimum atomic E-state index is -0.629. The van der Waals surface area contributed by atoms with E-state index in [9.17, 15) is 9.59 Å². The highest BCUT2D eigenvalue weighted by atomic mass is 32.1. The first-order chi connectivity index (χ1) is 13.0. The van der Waals surface area contributed by atoms with Crippen molar-refractivity contribution in [3.8, 4) is 5.75 Å². The summed E-state index contributed by atoms with van der Waals surface area (Å²) in [6, 6.07) is 7.62. The van der Waals surface area contributed by atoms with Crippen molar-refractivity contribution >= 4 is 28.2 Å². The van der Waals surface area contributed by atoms with Gasteiger partial charge in [0.1, 0.15) is 10.8 Å². The number of ether oxygens (including phenoxy) is 2. The van der Waals surface area contributed by atoms with E-state index in [0.29, 0.717) is 22.7 Å². The van der Waals surface area contributed by atoms with Gasteiger partial charge in [-0.05, 0) is 56.2 Å². The number of benzene rings is 1. The van der Waals surface area contributed by atoms with Crippen LogP contribution in [0.2, 0.25) is 0 Å². The molecule has 2 aromatic rings. The maximum atomic E-state index is 12.9. The fourth-order valence-electron chi connectivity index (χ4n) is 3.33. The molecule has 3 rings (SSSR count). The predicted molar refractivity (Wildman–Crippen MR) is 107 cm³/mol. The molecule has 0 spiro atoms. The summed E-state index contributed by atoms with van der Waals surface area (Å²) in [5, 5.41) is 3.50. The molecule has 27 heavy (non-hydrogen) atoms. The SMILES string of the molecule is CC[C@H](Oc1ccccc1C)C(=O)Nc1sc2c(c1C(=O)OC)CCCC2. The van der Waals surface area contributed by atoms with E-state index in [0.717, 1.165) is 36.8 Å². The van der Waals surface area contributed by atoms with Gasteiger partial charge in [-0.25, -0.2) is 4.79 Å². The molecular weight excluding hydrogens is 362 g/mol. The van der Waals surface area contributed by atoms with Gasteiger partial charge >= 0.3 is 5.97 Å². The molecule has 1 atom stereocenters. The quantitative estimate of drug-likeness (QED) is 0.740. The third kappa shape index (κ3) is 4.16. The topological polar surface area (TPSA) is 64.6 Å². The van der Waals surface area contributed by atoms with Gasteiger partial charge < -0.3 is 14.8 Å². The van der Waals surface area contributed by atoms with Gasteiger partial charge in [0, 0.05) is 4.88 Å². The second kappa shape index (κ2) is 8.57. The zero-order valence-corrected chi connectivity index (χ0v) is 16.8. The van der Waals surface area contributed by atoms with Gasteiger partial charge in [-0.15, -0.1) is 11.3 Å². The molecule has 144 valence electrons. The molecule has 1 heterocycles. The zero-order valence-electron chi connectivity index (χ0n) is 16.0. The van der Waals surface area contributed by atoms with Crippen LogP contribution in [0.5, 0.6) is 5.75 Å². The molecule has 1 amide bonds. The number of anilines is 1. The maximum absolute atomic E-state index is 12.9. The molecule has 5 nitrogen and oxygen atoms in total. The van der Waals surface area contributed by atoms with Crippen LogP contribution in [-0.2, 0) is 22.4 Å². The molecule has 1 aromatic heterocycles. The first-order valence-electron chi connectivity index (χ1n) is 9.31. The molecule has 1 aromatic carbocycles. The van der Waals surface area contributed by atoms with Crippen LogP contribution in [0.3, 0.4) is 0 Å². The molecular formula is C21H25NO4S. The van der Waals surface area contributed by atoms with Crippen molar-refractivity contribution in [1.82, 2.24) is 0 Å². The molecule has 1 aliphatic rings. The molecule has 0 unspecified atom stereocenters. The Labute approximate surface area is 163 Å². The average Bonchev–Trinajstić information content (AvgIpc) is 3.04. The Bertz CT molecular complexity index is 843. The number of methoxy groups -OCH3 is 1. The Kier molecular flexibility index (Phi) is 6.16. The standard InChI is InChI=1S/C21H25NO4S/c1-4-15(26-16-11-7-5-9-13(16)2)19(23)22-20-18(21(24)25-3)14-10-6-8-12-17(14)27-20/h5,7,9,11,15H,4,6,8,10,12H2,1-3H3,(H,22,23)/t15-/m0/s1. The first-order valence-corrected chi connectivity index (χ1v) is 10.1. The van der Waals surface area contributed by atoms with Crippen LogP contribution in [0, 0.1) is 6.92 Å². The number of para-hydroxylation sites is 1. The van der Waals surface area contributed by atoms with E-state index in [1.165, 1.54) is 23.3 Å². The Morgan fingerprint density at radius 2 is 1.96 bits per heavy atom.